The first-order chi connectivity index (χ1) is 16.0. The number of hydrogen-bond acceptors (Lipinski definition) is 5. The van der Waals surface area contributed by atoms with Gasteiger partial charge in [-0.15, -0.1) is 0 Å². The summed E-state index contributed by atoms with van der Waals surface area (Å²) in [5, 5.41) is 6.54. The SMILES string of the molecule is COc1cc(/C=C/C2=N/N(C)CCCC(c3ccc(F)cc3)C=N2)ccc1-n1cnc(C)c1. The Balaban J connectivity index is 1.57. The number of rotatable bonds is 5. The number of imidazole rings is 1. The van der Waals surface area contributed by atoms with Gasteiger partial charge in [-0.1, -0.05) is 24.3 Å². The second kappa shape index (κ2) is 10.3. The molecule has 6 nitrogen and oxygen atoms in total. The summed E-state index contributed by atoms with van der Waals surface area (Å²) in [6.45, 7) is 2.78. The van der Waals surface area contributed by atoms with E-state index in [1.54, 1.807) is 13.4 Å². The zero-order valence-corrected chi connectivity index (χ0v) is 19.1. The van der Waals surface area contributed by atoms with Gasteiger partial charge in [-0.05, 0) is 61.2 Å². The quantitative estimate of drug-likeness (QED) is 0.540. The summed E-state index contributed by atoms with van der Waals surface area (Å²) in [7, 11) is 3.61. The van der Waals surface area contributed by atoms with Crippen LogP contribution in [0.4, 0.5) is 4.39 Å². The standard InChI is InChI=1S/C26H28FN5O/c1-19-17-32(18-29-19)24-12-6-20(15-25(24)33-3)7-13-26-28-16-22(5-4-14-31(2)30-26)21-8-10-23(27)11-9-21/h6-13,15-18,22H,4-5,14H2,1-3H3/b13-7+,28-16?,30-26-. The van der Waals surface area contributed by atoms with Gasteiger partial charge in [0.2, 0.25) is 0 Å². The fraction of sp³-hybridized carbons (Fsp3) is 0.269. The minimum atomic E-state index is -0.228. The third-order valence-corrected chi connectivity index (χ3v) is 5.57. The van der Waals surface area contributed by atoms with E-state index >= 15 is 0 Å². The first kappa shape index (κ1) is 22.5. The number of methoxy groups -OCH3 is 1. The van der Waals surface area contributed by atoms with Crippen LogP contribution in [0, 0.1) is 12.7 Å². The number of ether oxygens (including phenoxy) is 1. The van der Waals surface area contributed by atoms with Crippen molar-refractivity contribution in [2.45, 2.75) is 25.7 Å². The highest BCUT2D eigenvalue weighted by molar-refractivity contribution is 6.01. The molecule has 33 heavy (non-hydrogen) atoms. The molecule has 0 amide bonds. The van der Waals surface area contributed by atoms with Gasteiger partial charge in [0.25, 0.3) is 0 Å². The van der Waals surface area contributed by atoms with Gasteiger partial charge in [0.05, 0.1) is 24.8 Å². The Hall–Kier alpha value is -3.74. The van der Waals surface area contributed by atoms with E-state index < -0.39 is 0 Å². The van der Waals surface area contributed by atoms with E-state index in [1.807, 2.05) is 78.4 Å². The van der Waals surface area contributed by atoms with Crippen LogP contribution in [0.25, 0.3) is 11.8 Å². The van der Waals surface area contributed by atoms with Gasteiger partial charge < -0.3 is 9.30 Å². The molecule has 1 aliphatic heterocycles. The van der Waals surface area contributed by atoms with E-state index in [2.05, 4.69) is 15.1 Å². The van der Waals surface area contributed by atoms with Crippen LogP contribution in [-0.4, -0.2) is 47.3 Å². The summed E-state index contributed by atoms with van der Waals surface area (Å²) in [6, 6.07) is 12.7. The van der Waals surface area contributed by atoms with Gasteiger partial charge in [-0.2, -0.15) is 5.10 Å². The molecular weight excluding hydrogens is 417 g/mol. The summed E-state index contributed by atoms with van der Waals surface area (Å²) in [4.78, 5) is 8.95. The topological polar surface area (TPSA) is 55.0 Å². The van der Waals surface area contributed by atoms with E-state index in [9.17, 15) is 4.39 Å². The predicted octanol–water partition coefficient (Wildman–Crippen LogP) is 5.24. The molecule has 2 heterocycles. The maximum atomic E-state index is 13.3. The molecule has 0 spiro atoms. The molecule has 0 fully saturated rings. The molecule has 0 radical (unpaired) electrons. The van der Waals surface area contributed by atoms with Crippen molar-refractivity contribution in [3.8, 4) is 11.4 Å². The highest BCUT2D eigenvalue weighted by atomic mass is 19.1. The molecule has 170 valence electrons. The van der Waals surface area contributed by atoms with Gasteiger partial charge >= 0.3 is 0 Å². The van der Waals surface area contributed by atoms with E-state index in [0.717, 1.165) is 47.6 Å². The van der Waals surface area contributed by atoms with Crippen LogP contribution in [0.15, 0.2) is 71.2 Å². The lowest BCUT2D eigenvalue weighted by Gasteiger charge is -2.14. The van der Waals surface area contributed by atoms with Crippen LogP contribution >= 0.6 is 0 Å². The minimum absolute atomic E-state index is 0.119. The Kier molecular flexibility index (Phi) is 6.98. The highest BCUT2D eigenvalue weighted by Gasteiger charge is 2.12. The molecular formula is C26H28FN5O. The molecule has 4 rings (SSSR count). The van der Waals surface area contributed by atoms with Crippen molar-refractivity contribution < 1.29 is 9.13 Å². The number of amidine groups is 1. The van der Waals surface area contributed by atoms with Crippen molar-refractivity contribution in [1.29, 1.82) is 0 Å². The van der Waals surface area contributed by atoms with E-state index in [0.29, 0.717) is 5.84 Å². The first-order valence-corrected chi connectivity index (χ1v) is 11.0. The molecule has 1 atom stereocenters. The van der Waals surface area contributed by atoms with Crippen molar-refractivity contribution in [3.63, 3.8) is 0 Å². The molecule has 1 unspecified atom stereocenters. The van der Waals surface area contributed by atoms with Crippen molar-refractivity contribution in [1.82, 2.24) is 14.6 Å². The minimum Gasteiger partial charge on any atom is -0.495 e. The molecule has 0 bridgehead atoms. The van der Waals surface area contributed by atoms with Crippen molar-refractivity contribution in [2.24, 2.45) is 10.1 Å². The molecule has 2 aromatic carbocycles. The van der Waals surface area contributed by atoms with E-state index in [4.69, 9.17) is 4.74 Å². The maximum Gasteiger partial charge on any atom is 0.171 e. The number of nitrogens with zero attached hydrogens (tertiary/aromatic N) is 5. The number of benzene rings is 2. The summed E-state index contributed by atoms with van der Waals surface area (Å²) in [6.07, 6.45) is 11.4. The number of hydrogen-bond donors (Lipinski definition) is 0. The van der Waals surface area contributed by atoms with Crippen LogP contribution in [0.2, 0.25) is 0 Å². The predicted molar refractivity (Wildman–Crippen MR) is 131 cm³/mol. The van der Waals surface area contributed by atoms with E-state index in [1.165, 1.54) is 12.1 Å². The third-order valence-electron chi connectivity index (χ3n) is 5.57. The zero-order valence-electron chi connectivity index (χ0n) is 19.1. The summed E-state index contributed by atoms with van der Waals surface area (Å²) in [5.74, 6) is 1.25. The normalized spacial score (nSPS) is 18.5. The lowest BCUT2D eigenvalue weighted by molar-refractivity contribution is 0.344. The Bertz CT molecular complexity index is 1180. The first-order valence-electron chi connectivity index (χ1n) is 11.0. The summed E-state index contributed by atoms with van der Waals surface area (Å²) >= 11 is 0. The molecule has 3 aromatic rings. The molecule has 0 N–H and O–H groups in total. The van der Waals surface area contributed by atoms with Crippen LogP contribution in [0.3, 0.4) is 0 Å². The molecule has 0 saturated carbocycles. The molecule has 0 aliphatic carbocycles. The number of aliphatic imine (C=N–C) groups is 1. The highest BCUT2D eigenvalue weighted by Crippen LogP contribution is 2.25. The summed E-state index contributed by atoms with van der Waals surface area (Å²) in [5.41, 5.74) is 3.90. The third kappa shape index (κ3) is 5.74. The van der Waals surface area contributed by atoms with Crippen molar-refractivity contribution in [3.05, 3.63) is 83.7 Å². The summed E-state index contributed by atoms with van der Waals surface area (Å²) < 4.78 is 20.9. The Morgan fingerprint density at radius 3 is 2.67 bits per heavy atom. The fourth-order valence-electron chi connectivity index (χ4n) is 3.81. The van der Waals surface area contributed by atoms with Gasteiger partial charge in [-0.25, -0.2) is 14.4 Å². The Morgan fingerprint density at radius 2 is 1.94 bits per heavy atom. The molecule has 1 aliphatic rings. The molecule has 7 heteroatoms. The Morgan fingerprint density at radius 1 is 1.12 bits per heavy atom. The second-order valence-corrected chi connectivity index (χ2v) is 8.10. The second-order valence-electron chi connectivity index (χ2n) is 8.10. The molecule has 0 saturated heterocycles. The van der Waals surface area contributed by atoms with Crippen LogP contribution in [-0.2, 0) is 0 Å². The largest absolute Gasteiger partial charge is 0.495 e. The number of halogens is 1. The van der Waals surface area contributed by atoms with Gasteiger partial charge in [0, 0.05) is 31.9 Å². The zero-order chi connectivity index (χ0) is 23.2. The van der Waals surface area contributed by atoms with Crippen molar-refractivity contribution in [2.75, 3.05) is 20.7 Å². The number of aryl methyl sites for hydroxylation is 1. The maximum absolute atomic E-state index is 13.3. The lowest BCUT2D eigenvalue weighted by Crippen LogP contribution is -2.14. The average molecular weight is 446 g/mol. The van der Waals surface area contributed by atoms with Gasteiger partial charge in [0.1, 0.15) is 11.6 Å². The van der Waals surface area contributed by atoms with Crippen LogP contribution in [0.1, 0.15) is 35.6 Å². The van der Waals surface area contributed by atoms with Gasteiger partial charge in [-0.3, -0.25) is 5.01 Å². The number of aromatic nitrogens is 2. The smallest absolute Gasteiger partial charge is 0.171 e. The van der Waals surface area contributed by atoms with Crippen LogP contribution < -0.4 is 4.74 Å². The number of hydrazone groups is 1. The lowest BCUT2D eigenvalue weighted by atomic mass is 9.95. The average Bonchev–Trinajstić information content (AvgIpc) is 3.28. The van der Waals surface area contributed by atoms with Crippen LogP contribution in [0.5, 0.6) is 5.75 Å². The molecule has 1 aromatic heterocycles. The fourth-order valence-corrected chi connectivity index (χ4v) is 3.81. The van der Waals surface area contributed by atoms with E-state index in [-0.39, 0.29) is 11.7 Å². The van der Waals surface area contributed by atoms with Crippen molar-refractivity contribution >= 4 is 18.1 Å². The Labute approximate surface area is 193 Å². The van der Waals surface area contributed by atoms with Gasteiger partial charge in [0.15, 0.2) is 5.84 Å². The monoisotopic (exact) mass is 445 g/mol.